The molecule has 6 nitrogen and oxygen atoms in total. The molecule has 0 radical (unpaired) electrons. The molecule has 0 aliphatic heterocycles. The minimum atomic E-state index is -0.688. The molecule has 23 heavy (non-hydrogen) atoms. The number of hydrogen-bond acceptors (Lipinski definition) is 3. The molecular formula is C17H22N4O2. The number of rotatable bonds is 8. The molecule has 1 heterocycles. The molecule has 0 saturated heterocycles. The number of aromatic nitrogens is 2. The fraction of sp³-hybridized carbons (Fsp3) is 0.353. The number of carbonyl (C=O) groups is 2. The third-order valence-electron chi connectivity index (χ3n) is 3.71. The van der Waals surface area contributed by atoms with Gasteiger partial charge in [-0.05, 0) is 25.3 Å². The number of amides is 2. The van der Waals surface area contributed by atoms with Crippen molar-refractivity contribution < 1.29 is 9.59 Å². The molecule has 1 unspecified atom stereocenters. The Morgan fingerprint density at radius 2 is 2.17 bits per heavy atom. The molecule has 1 aromatic carbocycles. The molecule has 2 aromatic rings. The van der Waals surface area contributed by atoms with E-state index in [0.29, 0.717) is 18.7 Å². The Hall–Kier alpha value is -2.63. The SMILES string of the molecule is C=CCCCn1nc(C(=O)NC(CC)C(N)=O)c2ccccc21. The van der Waals surface area contributed by atoms with Crippen molar-refractivity contribution in [2.45, 2.75) is 38.8 Å². The van der Waals surface area contributed by atoms with Crippen molar-refractivity contribution >= 4 is 22.7 Å². The van der Waals surface area contributed by atoms with Crippen LogP contribution in [0.3, 0.4) is 0 Å². The Morgan fingerprint density at radius 1 is 1.43 bits per heavy atom. The van der Waals surface area contributed by atoms with Gasteiger partial charge in [-0.15, -0.1) is 6.58 Å². The van der Waals surface area contributed by atoms with Gasteiger partial charge in [0.2, 0.25) is 5.91 Å². The lowest BCUT2D eigenvalue weighted by Crippen LogP contribution is -2.44. The highest BCUT2D eigenvalue weighted by Gasteiger charge is 2.21. The van der Waals surface area contributed by atoms with Crippen molar-refractivity contribution in [1.29, 1.82) is 0 Å². The number of hydrogen-bond donors (Lipinski definition) is 2. The zero-order valence-corrected chi connectivity index (χ0v) is 13.3. The summed E-state index contributed by atoms with van der Waals surface area (Å²) in [6.07, 6.45) is 4.08. The molecule has 0 spiro atoms. The first-order valence-electron chi connectivity index (χ1n) is 7.75. The Kier molecular flexibility index (Phi) is 5.51. The van der Waals surface area contributed by atoms with E-state index >= 15 is 0 Å². The number of fused-ring (bicyclic) bond motifs is 1. The minimum Gasteiger partial charge on any atom is -0.368 e. The van der Waals surface area contributed by atoms with E-state index in [0.717, 1.165) is 23.7 Å². The van der Waals surface area contributed by atoms with Gasteiger partial charge >= 0.3 is 0 Å². The fourth-order valence-electron chi connectivity index (χ4n) is 2.45. The zero-order valence-electron chi connectivity index (χ0n) is 13.3. The number of nitrogens with zero attached hydrogens (tertiary/aromatic N) is 2. The molecule has 3 N–H and O–H groups in total. The van der Waals surface area contributed by atoms with Crippen molar-refractivity contribution in [3.63, 3.8) is 0 Å². The van der Waals surface area contributed by atoms with Crippen LogP contribution < -0.4 is 11.1 Å². The van der Waals surface area contributed by atoms with E-state index in [1.54, 1.807) is 6.92 Å². The van der Waals surface area contributed by atoms with Crippen LogP contribution in [-0.2, 0) is 11.3 Å². The van der Waals surface area contributed by atoms with E-state index in [2.05, 4.69) is 17.0 Å². The van der Waals surface area contributed by atoms with Gasteiger partial charge in [-0.2, -0.15) is 5.10 Å². The predicted octanol–water partition coefficient (Wildman–Crippen LogP) is 2.00. The number of nitrogens with one attached hydrogen (secondary N) is 1. The van der Waals surface area contributed by atoms with Gasteiger partial charge in [-0.1, -0.05) is 31.2 Å². The van der Waals surface area contributed by atoms with Crippen LogP contribution in [0.5, 0.6) is 0 Å². The number of para-hydroxylation sites is 1. The van der Waals surface area contributed by atoms with Crippen molar-refractivity contribution in [2.75, 3.05) is 0 Å². The third kappa shape index (κ3) is 3.77. The third-order valence-corrected chi connectivity index (χ3v) is 3.71. The van der Waals surface area contributed by atoms with E-state index in [1.807, 2.05) is 35.0 Å². The highest BCUT2D eigenvalue weighted by molar-refractivity contribution is 6.06. The molecule has 122 valence electrons. The number of allylic oxidation sites excluding steroid dienone is 1. The van der Waals surface area contributed by atoms with Gasteiger partial charge < -0.3 is 11.1 Å². The van der Waals surface area contributed by atoms with Gasteiger partial charge in [0.25, 0.3) is 5.91 Å². The lowest BCUT2D eigenvalue weighted by molar-refractivity contribution is -0.119. The van der Waals surface area contributed by atoms with Gasteiger partial charge in [-0.25, -0.2) is 0 Å². The minimum absolute atomic E-state index is 0.318. The van der Waals surface area contributed by atoms with Gasteiger partial charge in [0.15, 0.2) is 5.69 Å². The molecule has 2 amide bonds. The van der Waals surface area contributed by atoms with Crippen LogP contribution >= 0.6 is 0 Å². The largest absolute Gasteiger partial charge is 0.368 e. The van der Waals surface area contributed by atoms with Gasteiger partial charge in [-0.3, -0.25) is 14.3 Å². The van der Waals surface area contributed by atoms with Crippen LogP contribution in [0.1, 0.15) is 36.7 Å². The van der Waals surface area contributed by atoms with E-state index in [1.165, 1.54) is 0 Å². The number of unbranched alkanes of at least 4 members (excludes halogenated alkanes) is 1. The standard InChI is InChI=1S/C17H22N4O2/c1-3-5-8-11-21-14-10-7-6-9-12(14)15(20-21)17(23)19-13(4-2)16(18)22/h3,6-7,9-10,13H,1,4-5,8,11H2,2H3,(H2,18,22)(H,19,23). The van der Waals surface area contributed by atoms with E-state index < -0.39 is 11.9 Å². The van der Waals surface area contributed by atoms with E-state index in [9.17, 15) is 9.59 Å². The first-order valence-corrected chi connectivity index (χ1v) is 7.75. The van der Waals surface area contributed by atoms with E-state index in [-0.39, 0.29) is 5.91 Å². The monoisotopic (exact) mass is 314 g/mol. The molecule has 0 aliphatic carbocycles. The highest BCUT2D eigenvalue weighted by Crippen LogP contribution is 2.19. The van der Waals surface area contributed by atoms with Crippen LogP contribution in [0, 0.1) is 0 Å². The zero-order chi connectivity index (χ0) is 16.8. The number of aryl methyl sites for hydroxylation is 1. The summed E-state index contributed by atoms with van der Waals surface area (Å²) < 4.78 is 1.82. The second kappa shape index (κ2) is 7.58. The van der Waals surface area contributed by atoms with Gasteiger partial charge in [0, 0.05) is 11.9 Å². The number of primary amides is 1. The lowest BCUT2D eigenvalue weighted by Gasteiger charge is -2.11. The average Bonchev–Trinajstić information content (AvgIpc) is 2.91. The normalized spacial score (nSPS) is 12.0. The maximum atomic E-state index is 12.5. The second-order valence-corrected chi connectivity index (χ2v) is 5.36. The van der Waals surface area contributed by atoms with Crippen molar-refractivity contribution in [3.05, 3.63) is 42.6 Å². The van der Waals surface area contributed by atoms with Crippen LogP contribution in [0.15, 0.2) is 36.9 Å². The first-order chi connectivity index (χ1) is 11.1. The van der Waals surface area contributed by atoms with Crippen LogP contribution in [0.2, 0.25) is 0 Å². The van der Waals surface area contributed by atoms with Crippen molar-refractivity contribution in [2.24, 2.45) is 5.73 Å². The number of benzene rings is 1. The summed E-state index contributed by atoms with van der Waals surface area (Å²) in [5.74, 6) is -0.926. The predicted molar refractivity (Wildman–Crippen MR) is 89.9 cm³/mol. The van der Waals surface area contributed by atoms with Gasteiger partial charge in [0.1, 0.15) is 6.04 Å². The smallest absolute Gasteiger partial charge is 0.273 e. The maximum Gasteiger partial charge on any atom is 0.273 e. The Balaban J connectivity index is 2.31. The molecule has 0 bridgehead atoms. The summed E-state index contributed by atoms with van der Waals surface area (Å²) in [7, 11) is 0. The summed E-state index contributed by atoms with van der Waals surface area (Å²) in [4.78, 5) is 23.8. The quantitative estimate of drug-likeness (QED) is 0.577. The van der Waals surface area contributed by atoms with Crippen molar-refractivity contribution in [3.8, 4) is 0 Å². The number of carbonyl (C=O) groups excluding carboxylic acids is 2. The summed E-state index contributed by atoms with van der Waals surface area (Å²) in [5, 5.41) is 7.84. The molecular weight excluding hydrogens is 292 g/mol. The topological polar surface area (TPSA) is 90.0 Å². The summed E-state index contributed by atoms with van der Waals surface area (Å²) >= 11 is 0. The van der Waals surface area contributed by atoms with Gasteiger partial charge in [0.05, 0.1) is 5.52 Å². The maximum absolute atomic E-state index is 12.5. The molecule has 0 saturated carbocycles. The molecule has 0 aliphatic rings. The highest BCUT2D eigenvalue weighted by atomic mass is 16.2. The molecule has 0 fully saturated rings. The van der Waals surface area contributed by atoms with Crippen LogP contribution in [0.25, 0.3) is 10.9 Å². The average molecular weight is 314 g/mol. The first kappa shape index (κ1) is 16.7. The number of nitrogens with two attached hydrogens (primary N) is 1. The van der Waals surface area contributed by atoms with Crippen molar-refractivity contribution in [1.82, 2.24) is 15.1 Å². The molecule has 1 aromatic heterocycles. The fourth-order valence-corrected chi connectivity index (χ4v) is 2.45. The summed E-state index contributed by atoms with van der Waals surface area (Å²) in [5.41, 5.74) is 6.50. The molecule has 6 heteroatoms. The lowest BCUT2D eigenvalue weighted by atomic mass is 10.1. The second-order valence-electron chi connectivity index (χ2n) is 5.36. The Bertz CT molecular complexity index is 720. The Morgan fingerprint density at radius 3 is 2.83 bits per heavy atom. The van der Waals surface area contributed by atoms with Crippen LogP contribution in [0.4, 0.5) is 0 Å². The Labute approximate surface area is 135 Å². The summed E-state index contributed by atoms with van der Waals surface area (Å²) in [6, 6.07) is 6.87. The molecule has 2 rings (SSSR count). The molecule has 1 atom stereocenters. The summed E-state index contributed by atoms with van der Waals surface area (Å²) in [6.45, 7) is 6.20. The van der Waals surface area contributed by atoms with E-state index in [4.69, 9.17) is 5.73 Å². The van der Waals surface area contributed by atoms with Crippen LogP contribution in [-0.4, -0.2) is 27.6 Å².